The van der Waals surface area contributed by atoms with Crippen molar-refractivity contribution in [1.82, 2.24) is 55.8 Å². The van der Waals surface area contributed by atoms with E-state index in [0.717, 1.165) is 56.3 Å². The van der Waals surface area contributed by atoms with Crippen molar-refractivity contribution < 1.29 is 19.3 Å². The van der Waals surface area contributed by atoms with Crippen molar-refractivity contribution in [2.45, 2.75) is 46.1 Å². The maximum atomic E-state index is 12.7. The quantitative estimate of drug-likeness (QED) is 0.0225. The summed E-state index contributed by atoms with van der Waals surface area (Å²) in [5.41, 5.74) is 19.8. The van der Waals surface area contributed by atoms with E-state index in [1.54, 1.807) is 42.1 Å². The molecule has 0 spiro atoms. The lowest BCUT2D eigenvalue weighted by molar-refractivity contribution is -0.384. The first-order valence-electron chi connectivity index (χ1n) is 23.8. The van der Waals surface area contributed by atoms with Gasteiger partial charge in [-0.2, -0.15) is 15.1 Å². The summed E-state index contributed by atoms with van der Waals surface area (Å²) in [4.78, 5) is 64.2. The molecule has 21 nitrogen and oxygen atoms in total. The summed E-state index contributed by atoms with van der Waals surface area (Å²) in [5, 5.41) is 42.0. The summed E-state index contributed by atoms with van der Waals surface area (Å²) in [6, 6.07) is 47.8. The Morgan fingerprint density at radius 1 is 0.577 bits per heavy atom. The van der Waals surface area contributed by atoms with E-state index < -0.39 is 4.92 Å². The van der Waals surface area contributed by atoms with Crippen molar-refractivity contribution in [3.05, 3.63) is 219 Å². The third-order valence-electron chi connectivity index (χ3n) is 11.0. The Morgan fingerprint density at radius 2 is 1.13 bits per heavy atom. The minimum Gasteiger partial charge on any atom is -0.368 e. The summed E-state index contributed by atoms with van der Waals surface area (Å²) in [5.74, 6) is 1.92. The number of nitro groups is 1. The van der Waals surface area contributed by atoms with Crippen LogP contribution in [0.5, 0.6) is 0 Å². The molecule has 78 heavy (non-hydrogen) atoms. The van der Waals surface area contributed by atoms with Gasteiger partial charge in [0.05, 0.1) is 10.4 Å². The SMILES string of the molecule is Cc1ccc2cc(NC(=O)c3cccc(CSc4n[nH]c(N)n4)c3)ccc2n1.Nc1nc(SCc2cccc(C(=O)Nc3cccc([N+](=O)[O-])c3)c2)n[nH]1.O=C(NCCc1ccccc1)c1cccc(CSc2ncn[nH]2)c1. The highest BCUT2D eigenvalue weighted by Crippen LogP contribution is 2.25. The fourth-order valence-electron chi connectivity index (χ4n) is 7.24. The number of aromatic amines is 3. The first-order chi connectivity index (χ1) is 37.9. The van der Waals surface area contributed by atoms with Gasteiger partial charge in [0.1, 0.15) is 6.33 Å². The number of pyridine rings is 1. The number of hydrogen-bond acceptors (Lipinski definition) is 17. The maximum Gasteiger partial charge on any atom is 0.271 e. The molecule has 10 rings (SSSR count). The van der Waals surface area contributed by atoms with E-state index in [-0.39, 0.29) is 35.3 Å². The van der Waals surface area contributed by atoms with Gasteiger partial charge in [-0.25, -0.2) is 15.2 Å². The topological polar surface area (TPSA) is 320 Å². The van der Waals surface area contributed by atoms with Crippen LogP contribution in [0.25, 0.3) is 10.9 Å². The molecule has 394 valence electrons. The van der Waals surface area contributed by atoms with Crippen molar-refractivity contribution >= 4 is 92.9 Å². The predicted molar refractivity (Wildman–Crippen MR) is 304 cm³/mol. The number of benzene rings is 6. The molecule has 6 aromatic carbocycles. The molecule has 3 amide bonds. The van der Waals surface area contributed by atoms with E-state index in [0.29, 0.717) is 50.7 Å². The second-order valence-corrected chi connectivity index (χ2v) is 19.7. The number of nitro benzene ring substituents is 1. The standard InChI is InChI=1S/C20H18N6OS.C18H18N4OS.C16H14N6O3S/c1-12-5-6-14-10-16(7-8-17(14)22-12)23-18(27)15-4-2-3-13(9-15)11-28-20-24-19(21)25-26-20;23-17(19-10-9-14-5-2-1-3-6-14)16-8-4-7-15(11-16)12-24-18-20-13-21-22-18;17-15-19-16(21-20-15)26-9-10-3-1-4-11(7-10)14(23)18-12-5-2-6-13(8-12)22(24)25/h2-10H,11H2,1H3,(H,23,27)(H3,21,24,25,26);1-8,11,13H,9-10,12H2,(H,19,23)(H,20,21,22);1-8H,9H2,(H,18,23)(H3,17,19,20,21). The fraction of sp³-hybridized carbons (Fsp3) is 0.111. The summed E-state index contributed by atoms with van der Waals surface area (Å²) < 4.78 is 0. The van der Waals surface area contributed by atoms with E-state index in [9.17, 15) is 24.5 Å². The van der Waals surface area contributed by atoms with Crippen LogP contribution in [-0.2, 0) is 23.7 Å². The molecule has 24 heteroatoms. The lowest BCUT2D eigenvalue weighted by Gasteiger charge is -2.08. The Kier molecular flexibility index (Phi) is 19.3. The minimum atomic E-state index is -0.511. The van der Waals surface area contributed by atoms with E-state index in [1.807, 2.05) is 104 Å². The Morgan fingerprint density at radius 3 is 1.68 bits per heavy atom. The van der Waals surface area contributed by atoms with E-state index in [1.165, 1.54) is 53.6 Å². The van der Waals surface area contributed by atoms with Crippen LogP contribution in [0, 0.1) is 17.0 Å². The molecule has 0 radical (unpaired) electrons. The zero-order chi connectivity index (χ0) is 54.6. The van der Waals surface area contributed by atoms with Crippen LogP contribution < -0.4 is 27.4 Å². The Balaban J connectivity index is 0.000000155. The molecule has 10 N–H and O–H groups in total. The smallest absolute Gasteiger partial charge is 0.271 e. The summed E-state index contributed by atoms with van der Waals surface area (Å²) in [6.45, 7) is 2.58. The van der Waals surface area contributed by atoms with Gasteiger partial charge in [-0.1, -0.05) is 114 Å². The number of aryl methyl sites for hydroxylation is 1. The van der Waals surface area contributed by atoms with Gasteiger partial charge >= 0.3 is 0 Å². The Labute approximate surface area is 459 Å². The number of fused-ring (bicyclic) bond motifs is 1. The monoisotopic (exact) mass is 1100 g/mol. The highest BCUT2D eigenvalue weighted by Gasteiger charge is 2.13. The van der Waals surface area contributed by atoms with Crippen molar-refractivity contribution in [1.29, 1.82) is 0 Å². The van der Waals surface area contributed by atoms with Crippen LogP contribution >= 0.6 is 35.3 Å². The molecule has 0 fully saturated rings. The third-order valence-corrected chi connectivity index (χ3v) is 13.8. The van der Waals surface area contributed by atoms with E-state index in [2.05, 4.69) is 78.6 Å². The van der Waals surface area contributed by atoms with Gasteiger partial charge in [0.15, 0.2) is 5.16 Å². The molecular formula is C54H50N16O5S3. The first-order valence-corrected chi connectivity index (χ1v) is 26.8. The molecule has 10 aromatic rings. The van der Waals surface area contributed by atoms with Gasteiger partial charge in [-0.3, -0.25) is 34.6 Å². The van der Waals surface area contributed by atoms with Crippen molar-refractivity contribution in [2.24, 2.45) is 0 Å². The minimum absolute atomic E-state index is 0.0440. The third kappa shape index (κ3) is 16.8. The average molecular weight is 1100 g/mol. The average Bonchev–Trinajstić information content (AvgIpc) is 4.27. The number of hydrogen-bond donors (Lipinski definition) is 8. The maximum absolute atomic E-state index is 12.7. The summed E-state index contributed by atoms with van der Waals surface area (Å²) in [6.07, 6.45) is 2.31. The normalized spacial score (nSPS) is 10.6. The molecule has 0 aliphatic heterocycles. The molecule has 0 saturated carbocycles. The Hall–Kier alpha value is -9.39. The number of carbonyl (C=O) groups is 3. The van der Waals surface area contributed by atoms with Crippen LogP contribution in [0.15, 0.2) is 180 Å². The summed E-state index contributed by atoms with van der Waals surface area (Å²) in [7, 11) is 0. The van der Waals surface area contributed by atoms with Crippen LogP contribution in [0.4, 0.5) is 29.0 Å². The predicted octanol–water partition coefficient (Wildman–Crippen LogP) is 9.70. The first kappa shape index (κ1) is 54.9. The summed E-state index contributed by atoms with van der Waals surface area (Å²) >= 11 is 4.39. The zero-order valence-electron chi connectivity index (χ0n) is 41.6. The van der Waals surface area contributed by atoms with Crippen LogP contribution in [0.1, 0.15) is 59.0 Å². The van der Waals surface area contributed by atoms with Gasteiger partial charge in [-0.15, -0.1) is 10.2 Å². The van der Waals surface area contributed by atoms with Crippen LogP contribution in [-0.4, -0.2) is 79.7 Å². The van der Waals surface area contributed by atoms with Gasteiger partial charge in [0, 0.05) is 75.1 Å². The largest absolute Gasteiger partial charge is 0.368 e. The molecule has 0 atom stereocenters. The van der Waals surface area contributed by atoms with Gasteiger partial charge in [0.25, 0.3) is 23.4 Å². The number of nitrogen functional groups attached to an aromatic ring is 2. The zero-order valence-corrected chi connectivity index (χ0v) is 44.1. The molecular weight excluding hydrogens is 1050 g/mol. The Bertz CT molecular complexity index is 3640. The van der Waals surface area contributed by atoms with Crippen molar-refractivity contribution in [2.75, 3.05) is 28.6 Å². The number of thioether (sulfide) groups is 3. The number of carbonyl (C=O) groups excluding carboxylic acids is 3. The number of aromatic nitrogens is 10. The van der Waals surface area contributed by atoms with Crippen molar-refractivity contribution in [3.8, 4) is 0 Å². The number of anilines is 4. The number of amides is 3. The van der Waals surface area contributed by atoms with E-state index >= 15 is 0 Å². The fourth-order valence-corrected chi connectivity index (χ4v) is 9.46. The number of H-pyrrole nitrogens is 3. The molecule has 0 aliphatic carbocycles. The lowest BCUT2D eigenvalue weighted by Crippen LogP contribution is -2.25. The van der Waals surface area contributed by atoms with Gasteiger partial charge in [-0.05, 0) is 102 Å². The number of non-ortho nitro benzene ring substituents is 1. The molecule has 0 bridgehead atoms. The van der Waals surface area contributed by atoms with Gasteiger partial charge < -0.3 is 27.4 Å². The number of nitrogens with one attached hydrogen (secondary N) is 6. The second-order valence-electron chi connectivity index (χ2n) is 16.8. The van der Waals surface area contributed by atoms with Crippen molar-refractivity contribution in [3.63, 3.8) is 0 Å². The number of nitrogens with two attached hydrogens (primary N) is 2. The molecule has 4 aromatic heterocycles. The van der Waals surface area contributed by atoms with E-state index in [4.69, 9.17) is 11.5 Å². The highest BCUT2D eigenvalue weighted by atomic mass is 32.2. The molecule has 4 heterocycles. The molecule has 0 unspecified atom stereocenters. The highest BCUT2D eigenvalue weighted by molar-refractivity contribution is 7.98. The number of nitrogens with zero attached hydrogens (tertiary/aromatic N) is 8. The number of rotatable bonds is 18. The molecule has 0 saturated heterocycles. The van der Waals surface area contributed by atoms with Gasteiger partial charge in [0.2, 0.25) is 22.2 Å². The second kappa shape index (κ2) is 27.4. The van der Waals surface area contributed by atoms with Crippen LogP contribution in [0.3, 0.4) is 0 Å². The lowest BCUT2D eigenvalue weighted by atomic mass is 10.1. The molecule has 0 aliphatic rings. The van der Waals surface area contributed by atoms with Crippen LogP contribution in [0.2, 0.25) is 0 Å².